The summed E-state index contributed by atoms with van der Waals surface area (Å²) < 4.78 is 0. The first-order chi connectivity index (χ1) is 8.56. The Morgan fingerprint density at radius 1 is 1.33 bits per heavy atom. The van der Waals surface area contributed by atoms with Crippen LogP contribution in [0.5, 0.6) is 0 Å². The SMILES string of the molecule is CCN(CC)CC(C)NC1=NC(C(C)C)CCS1. The van der Waals surface area contributed by atoms with Gasteiger partial charge in [-0.2, -0.15) is 0 Å². The average Bonchev–Trinajstić information content (AvgIpc) is 2.36. The molecule has 18 heavy (non-hydrogen) atoms. The summed E-state index contributed by atoms with van der Waals surface area (Å²) in [6, 6.07) is 0.983. The fourth-order valence-corrected chi connectivity index (χ4v) is 3.26. The van der Waals surface area contributed by atoms with Crippen LogP contribution in [0.25, 0.3) is 0 Å². The van der Waals surface area contributed by atoms with Crippen LogP contribution in [0.1, 0.15) is 41.0 Å². The molecule has 106 valence electrons. The number of hydrogen-bond acceptors (Lipinski definition) is 4. The predicted octanol–water partition coefficient (Wildman–Crippen LogP) is 2.82. The number of aliphatic imine (C=N–C) groups is 1. The maximum Gasteiger partial charge on any atom is 0.157 e. The van der Waals surface area contributed by atoms with Crippen LogP contribution in [0.3, 0.4) is 0 Å². The van der Waals surface area contributed by atoms with Crippen molar-refractivity contribution >= 4 is 16.9 Å². The first kappa shape index (κ1) is 15.8. The number of nitrogens with zero attached hydrogens (tertiary/aromatic N) is 2. The fraction of sp³-hybridized carbons (Fsp3) is 0.929. The van der Waals surface area contributed by atoms with Crippen molar-refractivity contribution in [1.82, 2.24) is 10.2 Å². The minimum atomic E-state index is 0.474. The normalized spacial score (nSPS) is 22.2. The quantitative estimate of drug-likeness (QED) is 0.805. The minimum Gasteiger partial charge on any atom is -0.361 e. The van der Waals surface area contributed by atoms with Gasteiger partial charge in [-0.15, -0.1) is 0 Å². The highest BCUT2D eigenvalue weighted by molar-refractivity contribution is 8.13. The molecule has 0 spiro atoms. The molecule has 0 amide bonds. The third-order valence-electron chi connectivity index (χ3n) is 3.50. The van der Waals surface area contributed by atoms with E-state index >= 15 is 0 Å². The Kier molecular flexibility index (Phi) is 7.08. The minimum absolute atomic E-state index is 0.474. The van der Waals surface area contributed by atoms with E-state index in [1.165, 1.54) is 12.2 Å². The number of likely N-dealkylation sites (N-methyl/N-ethyl adjacent to an activating group) is 1. The maximum atomic E-state index is 4.83. The van der Waals surface area contributed by atoms with E-state index in [1.807, 2.05) is 11.8 Å². The highest BCUT2D eigenvalue weighted by Gasteiger charge is 2.19. The Labute approximate surface area is 117 Å². The molecule has 0 saturated heterocycles. The lowest BCUT2D eigenvalue weighted by molar-refractivity contribution is 0.282. The lowest BCUT2D eigenvalue weighted by Gasteiger charge is -2.28. The summed E-state index contributed by atoms with van der Waals surface area (Å²) in [4.78, 5) is 7.28. The third kappa shape index (κ3) is 5.19. The van der Waals surface area contributed by atoms with Crippen molar-refractivity contribution < 1.29 is 0 Å². The number of hydrogen-bond donors (Lipinski definition) is 1. The molecule has 0 aromatic carbocycles. The number of thioether (sulfide) groups is 1. The molecule has 0 fully saturated rings. The smallest absolute Gasteiger partial charge is 0.157 e. The van der Waals surface area contributed by atoms with Crippen molar-refractivity contribution in [2.75, 3.05) is 25.4 Å². The predicted molar refractivity (Wildman–Crippen MR) is 83.5 cm³/mol. The Morgan fingerprint density at radius 2 is 2.00 bits per heavy atom. The molecule has 0 radical (unpaired) electrons. The number of rotatable bonds is 6. The first-order valence-corrected chi connectivity index (χ1v) is 8.24. The molecule has 1 aliphatic heterocycles. The van der Waals surface area contributed by atoms with Crippen molar-refractivity contribution in [3.63, 3.8) is 0 Å². The van der Waals surface area contributed by atoms with Gasteiger partial charge < -0.3 is 10.2 Å². The van der Waals surface area contributed by atoms with Crippen LogP contribution in [0, 0.1) is 5.92 Å². The molecule has 2 atom stereocenters. The van der Waals surface area contributed by atoms with E-state index in [2.05, 4.69) is 44.8 Å². The summed E-state index contributed by atoms with van der Waals surface area (Å²) in [6.45, 7) is 14.6. The first-order valence-electron chi connectivity index (χ1n) is 7.26. The van der Waals surface area contributed by atoms with E-state index in [0.29, 0.717) is 18.0 Å². The van der Waals surface area contributed by atoms with Crippen LogP contribution in [0.15, 0.2) is 4.99 Å². The molecular formula is C14H29N3S. The Hall–Kier alpha value is -0.220. The van der Waals surface area contributed by atoms with Gasteiger partial charge in [0.15, 0.2) is 5.17 Å². The summed E-state index contributed by atoms with van der Waals surface area (Å²) in [7, 11) is 0. The molecule has 0 bridgehead atoms. The lowest BCUT2D eigenvalue weighted by atomic mass is 10.0. The molecule has 2 unspecified atom stereocenters. The standard InChI is InChI=1S/C14H29N3S/c1-6-17(7-2)10-12(5)15-14-16-13(11(3)4)8-9-18-14/h11-13H,6-10H2,1-5H3,(H,15,16). The number of amidine groups is 1. The largest absolute Gasteiger partial charge is 0.361 e. The molecule has 1 rings (SSSR count). The zero-order chi connectivity index (χ0) is 13.5. The van der Waals surface area contributed by atoms with Gasteiger partial charge in [-0.05, 0) is 32.4 Å². The Balaban J connectivity index is 2.45. The summed E-state index contributed by atoms with van der Waals surface area (Å²) in [5, 5.41) is 4.73. The average molecular weight is 271 g/mol. The van der Waals surface area contributed by atoms with Crippen molar-refractivity contribution in [3.8, 4) is 0 Å². The van der Waals surface area contributed by atoms with E-state index in [-0.39, 0.29) is 0 Å². The second-order valence-electron chi connectivity index (χ2n) is 5.41. The molecule has 0 saturated carbocycles. The second-order valence-corrected chi connectivity index (χ2v) is 6.50. The van der Waals surface area contributed by atoms with Crippen molar-refractivity contribution in [2.24, 2.45) is 10.9 Å². The van der Waals surface area contributed by atoms with Gasteiger partial charge in [-0.25, -0.2) is 0 Å². The zero-order valence-electron chi connectivity index (χ0n) is 12.6. The van der Waals surface area contributed by atoms with Gasteiger partial charge >= 0.3 is 0 Å². The highest BCUT2D eigenvalue weighted by Crippen LogP contribution is 2.21. The van der Waals surface area contributed by atoms with Crippen molar-refractivity contribution in [3.05, 3.63) is 0 Å². The summed E-state index contributed by atoms with van der Waals surface area (Å²) >= 11 is 1.88. The van der Waals surface area contributed by atoms with Gasteiger partial charge in [0.25, 0.3) is 0 Å². The lowest BCUT2D eigenvalue weighted by Crippen LogP contribution is -2.42. The van der Waals surface area contributed by atoms with E-state index in [0.717, 1.165) is 24.8 Å². The summed E-state index contributed by atoms with van der Waals surface area (Å²) in [6.07, 6.45) is 1.22. The van der Waals surface area contributed by atoms with Gasteiger partial charge in [0, 0.05) is 18.3 Å². The number of nitrogens with one attached hydrogen (secondary N) is 1. The van der Waals surface area contributed by atoms with E-state index in [1.54, 1.807) is 0 Å². The monoisotopic (exact) mass is 271 g/mol. The van der Waals surface area contributed by atoms with Crippen LogP contribution in [0.2, 0.25) is 0 Å². The van der Waals surface area contributed by atoms with Gasteiger partial charge in [0.05, 0.1) is 6.04 Å². The molecule has 1 N–H and O–H groups in total. The Morgan fingerprint density at radius 3 is 2.56 bits per heavy atom. The molecule has 4 heteroatoms. The van der Waals surface area contributed by atoms with E-state index in [9.17, 15) is 0 Å². The van der Waals surface area contributed by atoms with Crippen LogP contribution < -0.4 is 5.32 Å². The third-order valence-corrected chi connectivity index (χ3v) is 4.44. The highest BCUT2D eigenvalue weighted by atomic mass is 32.2. The van der Waals surface area contributed by atoms with Gasteiger partial charge in [-0.3, -0.25) is 4.99 Å². The summed E-state index contributed by atoms with van der Waals surface area (Å²) in [5.41, 5.74) is 0. The van der Waals surface area contributed by atoms with Crippen LogP contribution in [-0.2, 0) is 0 Å². The molecule has 0 aromatic heterocycles. The van der Waals surface area contributed by atoms with Gasteiger partial charge in [-0.1, -0.05) is 39.5 Å². The fourth-order valence-electron chi connectivity index (χ4n) is 2.22. The topological polar surface area (TPSA) is 27.6 Å². The van der Waals surface area contributed by atoms with E-state index < -0.39 is 0 Å². The Bertz CT molecular complexity index is 262. The van der Waals surface area contributed by atoms with Crippen molar-refractivity contribution in [2.45, 2.75) is 53.1 Å². The van der Waals surface area contributed by atoms with Gasteiger partial charge in [0.2, 0.25) is 0 Å². The molecule has 1 aliphatic rings. The molecule has 1 heterocycles. The maximum absolute atomic E-state index is 4.83. The van der Waals surface area contributed by atoms with E-state index in [4.69, 9.17) is 4.99 Å². The van der Waals surface area contributed by atoms with Crippen LogP contribution in [-0.4, -0.2) is 47.5 Å². The molecule has 0 aliphatic carbocycles. The van der Waals surface area contributed by atoms with Crippen LogP contribution >= 0.6 is 11.8 Å². The zero-order valence-corrected chi connectivity index (χ0v) is 13.4. The molecule has 3 nitrogen and oxygen atoms in total. The molecular weight excluding hydrogens is 242 g/mol. The summed E-state index contributed by atoms with van der Waals surface area (Å²) in [5.74, 6) is 1.85. The van der Waals surface area contributed by atoms with Gasteiger partial charge in [0.1, 0.15) is 0 Å². The van der Waals surface area contributed by atoms with Crippen LogP contribution in [0.4, 0.5) is 0 Å². The van der Waals surface area contributed by atoms with Crippen molar-refractivity contribution in [1.29, 1.82) is 0 Å². The molecule has 0 aromatic rings. The second kappa shape index (κ2) is 8.05.